The standard InChI is InChI=1S/C41H49NO2Si/c1-38(2,3)24-14-16-26(17-15-24)42-29-20-18-27(40(7,8)9)33-35(29)45(13)36-30(42)21-19-28(41(10,11)12)34(36)44-32-23-25(39(4,5)6)22-31(43-33)37(32)45/h14-23H,1-13H3. The van der Waals surface area contributed by atoms with Gasteiger partial charge < -0.3 is 14.4 Å². The van der Waals surface area contributed by atoms with Crippen LogP contribution in [0.3, 0.4) is 0 Å². The fourth-order valence-electron chi connectivity index (χ4n) is 7.67. The van der Waals surface area contributed by atoms with E-state index in [0.29, 0.717) is 0 Å². The van der Waals surface area contributed by atoms with E-state index in [2.05, 4.69) is 155 Å². The third-order valence-electron chi connectivity index (χ3n) is 10.2. The first-order valence-corrected chi connectivity index (χ1v) is 19.0. The molecule has 4 aromatic rings. The Hall–Kier alpha value is -3.50. The molecule has 0 aromatic heterocycles. The van der Waals surface area contributed by atoms with Gasteiger partial charge in [-0.2, -0.15) is 0 Å². The largest absolute Gasteiger partial charge is 0.457 e. The summed E-state index contributed by atoms with van der Waals surface area (Å²) in [6, 6.07) is 23.1. The van der Waals surface area contributed by atoms with Crippen molar-refractivity contribution < 1.29 is 9.47 Å². The fourth-order valence-corrected chi connectivity index (χ4v) is 12.3. The predicted octanol–water partition coefficient (Wildman–Crippen LogP) is 9.97. The van der Waals surface area contributed by atoms with Gasteiger partial charge in [0.1, 0.15) is 23.0 Å². The Morgan fingerprint density at radius 2 is 0.911 bits per heavy atom. The molecule has 0 saturated heterocycles. The van der Waals surface area contributed by atoms with Gasteiger partial charge in [-0.25, -0.2) is 0 Å². The van der Waals surface area contributed by atoms with E-state index in [1.165, 1.54) is 49.2 Å². The Labute approximate surface area is 271 Å². The summed E-state index contributed by atoms with van der Waals surface area (Å²) in [5, 5.41) is 4.02. The lowest BCUT2D eigenvalue weighted by molar-refractivity contribution is 0.435. The summed E-state index contributed by atoms with van der Waals surface area (Å²) in [7, 11) is -2.62. The highest BCUT2D eigenvalue weighted by Crippen LogP contribution is 2.53. The van der Waals surface area contributed by atoms with Crippen LogP contribution in [0.5, 0.6) is 23.0 Å². The minimum atomic E-state index is -2.62. The first kappa shape index (κ1) is 30.2. The molecule has 0 radical (unpaired) electrons. The van der Waals surface area contributed by atoms with Gasteiger partial charge in [0.05, 0.1) is 0 Å². The van der Waals surface area contributed by atoms with Gasteiger partial charge in [-0.1, -0.05) is 114 Å². The van der Waals surface area contributed by atoms with E-state index >= 15 is 0 Å². The minimum Gasteiger partial charge on any atom is -0.457 e. The highest BCUT2D eigenvalue weighted by molar-refractivity contribution is 7.14. The maximum atomic E-state index is 7.18. The average molecular weight is 616 g/mol. The highest BCUT2D eigenvalue weighted by atomic mass is 28.3. The fraction of sp³-hybridized carbons (Fsp3) is 0.415. The molecule has 0 amide bonds. The van der Waals surface area contributed by atoms with Crippen molar-refractivity contribution in [1.82, 2.24) is 0 Å². The highest BCUT2D eigenvalue weighted by Gasteiger charge is 2.56. The zero-order valence-electron chi connectivity index (χ0n) is 29.5. The van der Waals surface area contributed by atoms with Crippen LogP contribution in [0.4, 0.5) is 17.1 Å². The number of benzene rings is 4. The molecular formula is C41H49NO2Si. The van der Waals surface area contributed by atoms with Crippen LogP contribution in [0, 0.1) is 0 Å². The lowest BCUT2D eigenvalue weighted by Gasteiger charge is -2.50. The smallest absolute Gasteiger partial charge is 0.170 e. The lowest BCUT2D eigenvalue weighted by Crippen LogP contribution is -2.72. The number of anilines is 3. The summed E-state index contributed by atoms with van der Waals surface area (Å²) in [5.41, 5.74) is 8.58. The molecule has 3 nitrogen and oxygen atoms in total. The molecule has 3 aliphatic heterocycles. The second-order valence-electron chi connectivity index (χ2n) is 17.7. The molecule has 3 heterocycles. The number of hydrogen-bond acceptors (Lipinski definition) is 3. The van der Waals surface area contributed by atoms with Crippen LogP contribution >= 0.6 is 0 Å². The second-order valence-corrected chi connectivity index (χ2v) is 21.5. The van der Waals surface area contributed by atoms with Gasteiger partial charge in [-0.15, -0.1) is 0 Å². The molecule has 4 aromatic carbocycles. The Kier molecular flexibility index (Phi) is 6.07. The molecule has 45 heavy (non-hydrogen) atoms. The van der Waals surface area contributed by atoms with Gasteiger partial charge in [0, 0.05) is 43.7 Å². The topological polar surface area (TPSA) is 21.7 Å². The monoisotopic (exact) mass is 615 g/mol. The molecule has 4 heteroatoms. The van der Waals surface area contributed by atoms with Crippen molar-refractivity contribution in [3.63, 3.8) is 0 Å². The van der Waals surface area contributed by atoms with E-state index in [4.69, 9.17) is 9.47 Å². The third kappa shape index (κ3) is 4.27. The molecule has 234 valence electrons. The Morgan fingerprint density at radius 3 is 1.29 bits per heavy atom. The lowest BCUT2D eigenvalue weighted by atomic mass is 9.84. The van der Waals surface area contributed by atoms with Crippen molar-refractivity contribution in [2.75, 3.05) is 4.90 Å². The second kappa shape index (κ2) is 9.06. The normalized spacial score (nSPS) is 16.2. The van der Waals surface area contributed by atoms with Gasteiger partial charge >= 0.3 is 0 Å². The SMILES string of the molecule is CC(C)(C)c1ccc(N2c3ccc(C(C)(C)C)c4c3[Si]3(C)c5c(cc(C(C)(C)C)cc5Oc5c(C(C)(C)C)ccc2c53)O4)cc1. The summed E-state index contributed by atoms with van der Waals surface area (Å²) in [6.45, 7) is 30.0. The maximum Gasteiger partial charge on any atom is 0.170 e. The Bertz CT molecular complexity index is 1790. The van der Waals surface area contributed by atoms with Crippen molar-refractivity contribution in [2.45, 2.75) is 111 Å². The summed E-state index contributed by atoms with van der Waals surface area (Å²) in [4.78, 5) is 2.48. The maximum absolute atomic E-state index is 7.18. The van der Waals surface area contributed by atoms with E-state index in [-0.39, 0.29) is 21.7 Å². The van der Waals surface area contributed by atoms with Gasteiger partial charge in [-0.3, -0.25) is 0 Å². The quantitative estimate of drug-likeness (QED) is 0.175. The molecule has 0 unspecified atom stereocenters. The first-order valence-electron chi connectivity index (χ1n) is 16.5. The molecule has 0 spiro atoms. The van der Waals surface area contributed by atoms with Crippen molar-refractivity contribution in [3.05, 3.63) is 82.9 Å². The van der Waals surface area contributed by atoms with Crippen molar-refractivity contribution in [3.8, 4) is 23.0 Å². The number of ether oxygens (including phenoxy) is 2. The summed E-state index contributed by atoms with van der Waals surface area (Å²) in [5.74, 6) is 4.05. The number of rotatable bonds is 1. The van der Waals surface area contributed by atoms with Crippen molar-refractivity contribution in [2.24, 2.45) is 0 Å². The first-order chi connectivity index (χ1) is 20.7. The molecule has 0 saturated carbocycles. The van der Waals surface area contributed by atoms with Crippen LogP contribution in [-0.4, -0.2) is 8.07 Å². The summed E-state index contributed by atoms with van der Waals surface area (Å²) >= 11 is 0. The summed E-state index contributed by atoms with van der Waals surface area (Å²) in [6.07, 6.45) is 0. The van der Waals surface area contributed by atoms with Gasteiger partial charge in [0.2, 0.25) is 0 Å². The molecule has 7 rings (SSSR count). The van der Waals surface area contributed by atoms with E-state index < -0.39 is 8.07 Å². The van der Waals surface area contributed by atoms with Gasteiger partial charge in [-0.05, 0) is 69.2 Å². The van der Waals surface area contributed by atoms with E-state index in [0.717, 1.165) is 28.7 Å². The number of nitrogens with zero attached hydrogens (tertiary/aromatic N) is 1. The van der Waals surface area contributed by atoms with Gasteiger partial charge in [0.25, 0.3) is 0 Å². The van der Waals surface area contributed by atoms with Crippen molar-refractivity contribution in [1.29, 1.82) is 0 Å². The van der Waals surface area contributed by atoms with Crippen LogP contribution in [0.25, 0.3) is 0 Å². The van der Waals surface area contributed by atoms with Gasteiger partial charge in [0.15, 0.2) is 8.07 Å². The minimum absolute atomic E-state index is 0.0484. The molecule has 0 aliphatic carbocycles. The Morgan fingerprint density at radius 1 is 0.489 bits per heavy atom. The van der Waals surface area contributed by atoms with Crippen LogP contribution in [0.15, 0.2) is 60.7 Å². The summed E-state index contributed by atoms with van der Waals surface area (Å²) < 4.78 is 14.4. The zero-order chi connectivity index (χ0) is 32.6. The predicted molar refractivity (Wildman–Crippen MR) is 193 cm³/mol. The van der Waals surface area contributed by atoms with Crippen molar-refractivity contribution >= 4 is 40.7 Å². The molecule has 0 bridgehead atoms. The van der Waals surface area contributed by atoms with E-state index in [1.807, 2.05) is 0 Å². The molecule has 0 atom stereocenters. The van der Waals surface area contributed by atoms with Crippen LogP contribution in [0.2, 0.25) is 6.55 Å². The zero-order valence-corrected chi connectivity index (χ0v) is 30.5. The van der Waals surface area contributed by atoms with Crippen LogP contribution < -0.4 is 29.9 Å². The molecular weight excluding hydrogens is 567 g/mol. The molecule has 0 fully saturated rings. The van der Waals surface area contributed by atoms with E-state index in [1.54, 1.807) is 0 Å². The molecule has 0 N–H and O–H groups in total. The van der Waals surface area contributed by atoms with E-state index in [9.17, 15) is 0 Å². The van der Waals surface area contributed by atoms with Crippen LogP contribution in [-0.2, 0) is 21.7 Å². The average Bonchev–Trinajstić information content (AvgIpc) is 2.90. The number of hydrogen-bond donors (Lipinski definition) is 0. The molecule has 3 aliphatic rings. The Balaban J connectivity index is 1.63. The third-order valence-corrected chi connectivity index (χ3v) is 14.7. The van der Waals surface area contributed by atoms with Crippen LogP contribution in [0.1, 0.15) is 105 Å².